The van der Waals surface area contributed by atoms with Gasteiger partial charge in [0.1, 0.15) is 5.82 Å². The highest BCUT2D eigenvalue weighted by atomic mass is 79.9. The van der Waals surface area contributed by atoms with Crippen molar-refractivity contribution in [2.45, 2.75) is 19.9 Å². The second kappa shape index (κ2) is 6.29. The van der Waals surface area contributed by atoms with E-state index in [-0.39, 0.29) is 11.9 Å². The first-order valence-corrected chi connectivity index (χ1v) is 6.50. The second-order valence-electron chi connectivity index (χ2n) is 4.52. The highest BCUT2D eigenvalue weighted by Gasteiger charge is 2.20. The Balaban J connectivity index is 2.80. The van der Waals surface area contributed by atoms with Crippen molar-refractivity contribution in [2.75, 3.05) is 13.6 Å². The molecule has 0 aliphatic heterocycles. The molecule has 0 radical (unpaired) electrons. The maximum atomic E-state index is 13.8. The van der Waals surface area contributed by atoms with E-state index in [9.17, 15) is 9.18 Å². The summed E-state index contributed by atoms with van der Waals surface area (Å²) in [6.07, 6.45) is 0. The lowest BCUT2D eigenvalue weighted by molar-refractivity contribution is -0.141. The number of hydrogen-bond donors (Lipinski definition) is 1. The minimum Gasteiger partial charge on any atom is -0.481 e. The minimum absolute atomic E-state index is 0.167. The molecule has 0 spiro atoms. The monoisotopic (exact) mass is 317 g/mol. The van der Waals surface area contributed by atoms with Crippen LogP contribution in [0.5, 0.6) is 0 Å². The average molecular weight is 318 g/mol. The SMILES string of the molecule is CC(CN(C)C(C)c1ccc(Br)cc1F)C(=O)O. The Kier molecular flexibility index (Phi) is 5.28. The summed E-state index contributed by atoms with van der Waals surface area (Å²) >= 11 is 3.21. The fraction of sp³-hybridized carbons (Fsp3) is 0.462. The molecule has 1 rings (SSSR count). The van der Waals surface area contributed by atoms with Gasteiger partial charge >= 0.3 is 5.97 Å². The maximum absolute atomic E-state index is 13.8. The fourth-order valence-corrected chi connectivity index (χ4v) is 2.08. The molecule has 0 aliphatic carbocycles. The molecule has 1 aromatic carbocycles. The van der Waals surface area contributed by atoms with E-state index in [0.717, 1.165) is 0 Å². The lowest BCUT2D eigenvalue weighted by Crippen LogP contribution is -2.31. The molecule has 0 amide bonds. The highest BCUT2D eigenvalue weighted by Crippen LogP contribution is 2.25. The van der Waals surface area contributed by atoms with Gasteiger partial charge in [-0.05, 0) is 26.1 Å². The quantitative estimate of drug-likeness (QED) is 0.905. The number of aliphatic carboxylic acids is 1. The molecule has 18 heavy (non-hydrogen) atoms. The van der Waals surface area contributed by atoms with Gasteiger partial charge in [0.2, 0.25) is 0 Å². The molecule has 0 saturated carbocycles. The summed E-state index contributed by atoms with van der Waals surface area (Å²) in [5, 5.41) is 8.87. The molecule has 0 bridgehead atoms. The number of nitrogens with zero attached hydrogens (tertiary/aromatic N) is 1. The van der Waals surface area contributed by atoms with Gasteiger partial charge in [0.05, 0.1) is 5.92 Å². The third-order valence-corrected chi connectivity index (χ3v) is 3.55. The Morgan fingerprint density at radius 2 is 2.11 bits per heavy atom. The summed E-state index contributed by atoms with van der Waals surface area (Å²) in [6.45, 7) is 3.89. The van der Waals surface area contributed by atoms with Crippen molar-refractivity contribution in [1.82, 2.24) is 4.90 Å². The van der Waals surface area contributed by atoms with Crippen molar-refractivity contribution >= 4 is 21.9 Å². The lowest BCUT2D eigenvalue weighted by Gasteiger charge is -2.26. The van der Waals surface area contributed by atoms with E-state index in [1.54, 1.807) is 26.1 Å². The van der Waals surface area contributed by atoms with Gasteiger partial charge in [-0.25, -0.2) is 4.39 Å². The van der Waals surface area contributed by atoms with Crippen LogP contribution < -0.4 is 0 Å². The van der Waals surface area contributed by atoms with Gasteiger partial charge < -0.3 is 5.11 Å². The number of hydrogen-bond acceptors (Lipinski definition) is 2. The molecule has 1 N–H and O–H groups in total. The van der Waals surface area contributed by atoms with E-state index in [4.69, 9.17) is 5.11 Å². The molecule has 0 fully saturated rings. The molecule has 0 saturated heterocycles. The molecule has 5 heteroatoms. The third-order valence-electron chi connectivity index (χ3n) is 3.06. The summed E-state index contributed by atoms with van der Waals surface area (Å²) in [7, 11) is 1.80. The summed E-state index contributed by atoms with van der Waals surface area (Å²) in [4.78, 5) is 12.6. The summed E-state index contributed by atoms with van der Waals surface area (Å²) in [6, 6.07) is 4.75. The molecule has 3 nitrogen and oxygen atoms in total. The van der Waals surface area contributed by atoms with Crippen molar-refractivity contribution in [1.29, 1.82) is 0 Å². The normalized spacial score (nSPS) is 14.6. The number of rotatable bonds is 5. The number of carboxylic acid groups (broad SMARTS) is 1. The van der Waals surface area contributed by atoms with Crippen LogP contribution >= 0.6 is 15.9 Å². The molecule has 0 aliphatic rings. The number of halogens is 2. The van der Waals surface area contributed by atoms with Crippen LogP contribution in [0.1, 0.15) is 25.5 Å². The standard InChI is InChI=1S/C13H17BrFNO2/c1-8(13(17)18)7-16(3)9(2)11-5-4-10(14)6-12(11)15/h4-6,8-9H,7H2,1-3H3,(H,17,18). The zero-order valence-corrected chi connectivity index (χ0v) is 12.2. The van der Waals surface area contributed by atoms with E-state index in [1.165, 1.54) is 6.07 Å². The van der Waals surface area contributed by atoms with Crippen LogP contribution in [0.2, 0.25) is 0 Å². The number of carboxylic acids is 1. The topological polar surface area (TPSA) is 40.5 Å². The van der Waals surface area contributed by atoms with E-state index >= 15 is 0 Å². The van der Waals surface area contributed by atoms with Crippen LogP contribution in [0.3, 0.4) is 0 Å². The molecule has 2 atom stereocenters. The minimum atomic E-state index is -0.842. The first kappa shape index (κ1) is 15.1. The van der Waals surface area contributed by atoms with Crippen molar-refractivity contribution in [2.24, 2.45) is 5.92 Å². The maximum Gasteiger partial charge on any atom is 0.307 e. The van der Waals surface area contributed by atoms with Gasteiger partial charge in [0.25, 0.3) is 0 Å². The van der Waals surface area contributed by atoms with Gasteiger partial charge in [0.15, 0.2) is 0 Å². The van der Waals surface area contributed by atoms with Gasteiger partial charge in [-0.15, -0.1) is 0 Å². The molecule has 0 aromatic heterocycles. The van der Waals surface area contributed by atoms with E-state index < -0.39 is 11.9 Å². The van der Waals surface area contributed by atoms with Crippen LogP contribution in [-0.4, -0.2) is 29.6 Å². The third kappa shape index (κ3) is 3.78. The fourth-order valence-electron chi connectivity index (χ4n) is 1.75. The first-order valence-electron chi connectivity index (χ1n) is 5.71. The van der Waals surface area contributed by atoms with Crippen LogP contribution in [-0.2, 0) is 4.79 Å². The second-order valence-corrected chi connectivity index (χ2v) is 5.44. The van der Waals surface area contributed by atoms with Crippen LogP contribution in [0.15, 0.2) is 22.7 Å². The predicted molar refractivity (Wildman–Crippen MR) is 71.9 cm³/mol. The van der Waals surface area contributed by atoms with Gasteiger partial charge in [-0.3, -0.25) is 9.69 Å². The molecule has 100 valence electrons. The summed E-state index contributed by atoms with van der Waals surface area (Å²) in [5.41, 5.74) is 0.568. The Morgan fingerprint density at radius 3 is 2.61 bits per heavy atom. The zero-order chi connectivity index (χ0) is 13.9. The predicted octanol–water partition coefficient (Wildman–Crippen LogP) is 3.30. The smallest absolute Gasteiger partial charge is 0.307 e. The molecule has 0 heterocycles. The van der Waals surface area contributed by atoms with Crippen molar-refractivity contribution in [3.05, 3.63) is 34.1 Å². The summed E-state index contributed by atoms with van der Waals surface area (Å²) in [5.74, 6) is -1.60. The molecular weight excluding hydrogens is 301 g/mol. The Labute approximate surface area is 115 Å². The van der Waals surface area contributed by atoms with Gasteiger partial charge in [0, 0.05) is 22.6 Å². The largest absolute Gasteiger partial charge is 0.481 e. The van der Waals surface area contributed by atoms with Gasteiger partial charge in [-0.1, -0.05) is 28.9 Å². The number of benzene rings is 1. The highest BCUT2D eigenvalue weighted by molar-refractivity contribution is 9.10. The van der Waals surface area contributed by atoms with E-state index in [1.807, 2.05) is 11.8 Å². The Morgan fingerprint density at radius 1 is 1.50 bits per heavy atom. The van der Waals surface area contributed by atoms with Crippen LogP contribution in [0, 0.1) is 11.7 Å². The number of carbonyl (C=O) groups is 1. The average Bonchev–Trinajstić information content (AvgIpc) is 2.27. The first-order chi connectivity index (χ1) is 8.32. The van der Waals surface area contributed by atoms with Crippen LogP contribution in [0.25, 0.3) is 0 Å². The molecule has 1 aromatic rings. The van der Waals surface area contributed by atoms with E-state index in [2.05, 4.69) is 15.9 Å². The van der Waals surface area contributed by atoms with Crippen molar-refractivity contribution in [3.63, 3.8) is 0 Å². The van der Waals surface area contributed by atoms with Crippen molar-refractivity contribution < 1.29 is 14.3 Å². The van der Waals surface area contributed by atoms with Gasteiger partial charge in [-0.2, -0.15) is 0 Å². The zero-order valence-electron chi connectivity index (χ0n) is 10.7. The molecular formula is C13H17BrFNO2. The Hall–Kier alpha value is -0.940. The van der Waals surface area contributed by atoms with Crippen molar-refractivity contribution in [3.8, 4) is 0 Å². The van der Waals surface area contributed by atoms with Crippen LogP contribution in [0.4, 0.5) is 4.39 Å². The molecule has 2 unspecified atom stereocenters. The van der Waals surface area contributed by atoms with E-state index in [0.29, 0.717) is 16.6 Å². The summed E-state index contributed by atoms with van der Waals surface area (Å²) < 4.78 is 14.5. The Bertz CT molecular complexity index is 439. The lowest BCUT2D eigenvalue weighted by atomic mass is 10.0.